The van der Waals surface area contributed by atoms with Crippen molar-refractivity contribution < 1.29 is 22.3 Å². The van der Waals surface area contributed by atoms with Crippen LogP contribution in [0.5, 0.6) is 5.75 Å². The smallest absolute Gasteiger partial charge is 0.284 e. The number of carbonyl (C=O) groups is 1. The van der Waals surface area contributed by atoms with Gasteiger partial charge in [-0.25, -0.2) is 4.39 Å². The summed E-state index contributed by atoms with van der Waals surface area (Å²) in [7, 11) is -2.56. The van der Waals surface area contributed by atoms with Crippen LogP contribution in [0.1, 0.15) is 5.56 Å². The van der Waals surface area contributed by atoms with Gasteiger partial charge in [0.2, 0.25) is 0 Å². The number of sulfonamides is 1. The van der Waals surface area contributed by atoms with Crippen LogP contribution in [-0.4, -0.2) is 38.0 Å². The molecule has 0 N–H and O–H groups in total. The predicted octanol–water partition coefficient (Wildman–Crippen LogP) is 3.68. The third-order valence-corrected chi connectivity index (χ3v) is 6.33. The maximum Gasteiger partial charge on any atom is 0.284 e. The Hall–Kier alpha value is -2.91. The van der Waals surface area contributed by atoms with Crippen LogP contribution in [0.15, 0.2) is 75.4 Å². The Labute approximate surface area is 172 Å². The van der Waals surface area contributed by atoms with Crippen molar-refractivity contribution in [2.45, 2.75) is 4.90 Å². The first kappa shape index (κ1) is 20.8. The number of rotatable bonds is 6. The lowest BCUT2D eigenvalue weighted by atomic mass is 10.2. The highest BCUT2D eigenvalue weighted by Gasteiger charge is 2.34. The first-order valence-electron chi connectivity index (χ1n) is 8.41. The SMILES string of the molecule is C=CCN1C(=O)/C(=C/c2ccc(OC)cc2)SC1=NS(=O)(=O)c1ccc(F)cc1. The van der Waals surface area contributed by atoms with E-state index in [0.29, 0.717) is 10.7 Å². The van der Waals surface area contributed by atoms with Gasteiger partial charge >= 0.3 is 0 Å². The summed E-state index contributed by atoms with van der Waals surface area (Å²) in [4.78, 5) is 14.1. The van der Waals surface area contributed by atoms with Crippen molar-refractivity contribution in [3.8, 4) is 5.75 Å². The Bertz CT molecular complexity index is 1090. The summed E-state index contributed by atoms with van der Waals surface area (Å²) >= 11 is 0.952. The molecule has 2 aromatic rings. The van der Waals surface area contributed by atoms with E-state index in [1.54, 1.807) is 37.5 Å². The van der Waals surface area contributed by atoms with E-state index in [0.717, 1.165) is 41.6 Å². The molecule has 0 atom stereocenters. The van der Waals surface area contributed by atoms with Gasteiger partial charge < -0.3 is 4.74 Å². The standard InChI is InChI=1S/C20H17FN2O4S2/c1-3-12-23-19(24)18(13-14-4-8-16(27-2)9-5-14)28-20(23)22-29(25,26)17-10-6-15(21)7-11-17/h3-11,13H,1,12H2,2H3/b18-13-,22-20?. The van der Waals surface area contributed by atoms with Gasteiger partial charge in [-0.05, 0) is 59.8 Å². The zero-order chi connectivity index (χ0) is 21.0. The minimum Gasteiger partial charge on any atom is -0.497 e. The number of hydrogen-bond donors (Lipinski definition) is 0. The maximum absolute atomic E-state index is 13.1. The molecule has 150 valence electrons. The third kappa shape index (κ3) is 4.75. The number of amidine groups is 1. The van der Waals surface area contributed by atoms with Crippen LogP contribution in [0.4, 0.5) is 4.39 Å². The van der Waals surface area contributed by atoms with Gasteiger partial charge in [0.15, 0.2) is 5.17 Å². The summed E-state index contributed by atoms with van der Waals surface area (Å²) < 4.78 is 47.1. The van der Waals surface area contributed by atoms with E-state index in [-0.39, 0.29) is 22.5 Å². The van der Waals surface area contributed by atoms with Crippen LogP contribution in [0.3, 0.4) is 0 Å². The molecule has 0 spiro atoms. The van der Waals surface area contributed by atoms with Crippen molar-refractivity contribution in [3.05, 3.63) is 77.5 Å². The second-order valence-corrected chi connectivity index (χ2v) is 8.50. The molecule has 6 nitrogen and oxygen atoms in total. The molecule has 1 saturated heterocycles. The lowest BCUT2D eigenvalue weighted by Gasteiger charge is -2.12. The lowest BCUT2D eigenvalue weighted by molar-refractivity contribution is -0.121. The van der Waals surface area contributed by atoms with E-state index < -0.39 is 15.8 Å². The summed E-state index contributed by atoms with van der Waals surface area (Å²) in [5.74, 6) is -0.253. The minimum atomic E-state index is -4.11. The zero-order valence-corrected chi connectivity index (χ0v) is 17.0. The first-order chi connectivity index (χ1) is 13.8. The maximum atomic E-state index is 13.1. The molecule has 0 bridgehead atoms. The Morgan fingerprint density at radius 2 is 1.83 bits per heavy atom. The monoisotopic (exact) mass is 432 g/mol. The van der Waals surface area contributed by atoms with E-state index in [9.17, 15) is 17.6 Å². The quantitative estimate of drug-likeness (QED) is 0.514. The van der Waals surface area contributed by atoms with Gasteiger partial charge in [0.25, 0.3) is 15.9 Å². The minimum absolute atomic E-state index is 0.0130. The van der Waals surface area contributed by atoms with Crippen molar-refractivity contribution in [2.75, 3.05) is 13.7 Å². The highest BCUT2D eigenvalue weighted by molar-refractivity contribution is 8.19. The van der Waals surface area contributed by atoms with Crippen molar-refractivity contribution in [1.29, 1.82) is 0 Å². The molecule has 0 aromatic heterocycles. The van der Waals surface area contributed by atoms with E-state index in [1.165, 1.54) is 11.0 Å². The lowest BCUT2D eigenvalue weighted by Crippen LogP contribution is -2.29. The Morgan fingerprint density at radius 1 is 1.17 bits per heavy atom. The van der Waals surface area contributed by atoms with Crippen LogP contribution < -0.4 is 4.74 Å². The molecule has 2 aromatic carbocycles. The molecule has 1 aliphatic rings. The Morgan fingerprint density at radius 3 is 2.41 bits per heavy atom. The number of amides is 1. The van der Waals surface area contributed by atoms with Crippen LogP contribution >= 0.6 is 11.8 Å². The predicted molar refractivity (Wildman–Crippen MR) is 111 cm³/mol. The summed E-state index contributed by atoms with van der Waals surface area (Å²) in [6.07, 6.45) is 3.13. The van der Waals surface area contributed by atoms with Crippen molar-refractivity contribution in [1.82, 2.24) is 4.90 Å². The molecule has 0 saturated carbocycles. The fraction of sp³-hybridized carbons (Fsp3) is 0.100. The number of ether oxygens (including phenoxy) is 1. The zero-order valence-electron chi connectivity index (χ0n) is 15.4. The van der Waals surface area contributed by atoms with E-state index in [4.69, 9.17) is 4.74 Å². The number of carbonyl (C=O) groups excluding carboxylic acids is 1. The van der Waals surface area contributed by atoms with Crippen molar-refractivity contribution in [2.24, 2.45) is 4.40 Å². The van der Waals surface area contributed by atoms with E-state index >= 15 is 0 Å². The van der Waals surface area contributed by atoms with Gasteiger partial charge in [-0.3, -0.25) is 9.69 Å². The van der Waals surface area contributed by atoms with Crippen LogP contribution in [-0.2, 0) is 14.8 Å². The molecule has 0 unspecified atom stereocenters. The van der Waals surface area contributed by atoms with E-state index in [1.807, 2.05) is 0 Å². The second kappa shape index (κ2) is 8.62. The molecule has 1 heterocycles. The second-order valence-electron chi connectivity index (χ2n) is 5.89. The first-order valence-corrected chi connectivity index (χ1v) is 10.7. The Kier molecular flexibility index (Phi) is 6.19. The molecule has 1 amide bonds. The summed E-state index contributed by atoms with van der Waals surface area (Å²) in [6.45, 7) is 3.70. The molecule has 0 radical (unpaired) electrons. The third-order valence-electron chi connectivity index (χ3n) is 3.92. The number of benzene rings is 2. The Balaban J connectivity index is 1.96. The van der Waals surface area contributed by atoms with Crippen molar-refractivity contribution in [3.63, 3.8) is 0 Å². The number of nitrogens with zero attached hydrogens (tertiary/aromatic N) is 2. The molecule has 9 heteroatoms. The number of methoxy groups -OCH3 is 1. The molecule has 1 aliphatic heterocycles. The molecule has 1 fully saturated rings. The van der Waals surface area contributed by atoms with Gasteiger partial charge in [-0.2, -0.15) is 8.42 Å². The van der Waals surface area contributed by atoms with Crippen molar-refractivity contribution >= 4 is 38.9 Å². The van der Waals surface area contributed by atoms with Gasteiger partial charge in [-0.15, -0.1) is 11.0 Å². The molecule has 29 heavy (non-hydrogen) atoms. The molecular weight excluding hydrogens is 415 g/mol. The topological polar surface area (TPSA) is 76.0 Å². The fourth-order valence-corrected chi connectivity index (χ4v) is 4.67. The normalized spacial score (nSPS) is 17.2. The summed E-state index contributed by atoms with van der Waals surface area (Å²) in [6, 6.07) is 11.4. The van der Waals surface area contributed by atoms with Gasteiger partial charge in [0, 0.05) is 6.54 Å². The number of halogens is 1. The molecule has 3 rings (SSSR count). The largest absolute Gasteiger partial charge is 0.497 e. The highest BCUT2D eigenvalue weighted by Crippen LogP contribution is 2.33. The van der Waals surface area contributed by atoms with E-state index in [2.05, 4.69) is 11.0 Å². The van der Waals surface area contributed by atoms with Crippen LogP contribution in [0.2, 0.25) is 0 Å². The number of thioether (sulfide) groups is 1. The average Bonchev–Trinajstić information content (AvgIpc) is 2.97. The number of hydrogen-bond acceptors (Lipinski definition) is 5. The van der Waals surface area contributed by atoms with Gasteiger partial charge in [0.1, 0.15) is 11.6 Å². The van der Waals surface area contributed by atoms with Gasteiger partial charge in [0.05, 0.1) is 16.9 Å². The fourth-order valence-electron chi connectivity index (χ4n) is 2.48. The summed E-state index contributed by atoms with van der Waals surface area (Å²) in [5.41, 5.74) is 0.753. The molecular formula is C20H17FN2O4S2. The van der Waals surface area contributed by atoms with Crippen LogP contribution in [0.25, 0.3) is 6.08 Å². The molecule has 0 aliphatic carbocycles. The highest BCUT2D eigenvalue weighted by atomic mass is 32.2. The average molecular weight is 432 g/mol. The summed E-state index contributed by atoms with van der Waals surface area (Å²) in [5, 5.41) is 0.0130. The van der Waals surface area contributed by atoms with Gasteiger partial charge in [-0.1, -0.05) is 18.2 Å². The van der Waals surface area contributed by atoms with Crippen LogP contribution in [0, 0.1) is 5.82 Å².